The molecule has 0 aromatic heterocycles. The van der Waals surface area contributed by atoms with Gasteiger partial charge in [0.25, 0.3) is 0 Å². The van der Waals surface area contributed by atoms with Crippen LogP contribution < -0.4 is 0 Å². The number of benzene rings is 1. The molecule has 5 heteroatoms. The molecule has 1 aromatic rings. The first kappa shape index (κ1) is 20.4. The smallest absolute Gasteiger partial charge is 0.225 e. The van der Waals surface area contributed by atoms with Gasteiger partial charge in [0.1, 0.15) is 5.82 Å². The third-order valence-electron chi connectivity index (χ3n) is 5.39. The second-order valence-electron chi connectivity index (χ2n) is 7.61. The first-order valence-corrected chi connectivity index (χ1v) is 9.63. The van der Waals surface area contributed by atoms with Crippen molar-refractivity contribution in [2.75, 3.05) is 20.1 Å². The summed E-state index contributed by atoms with van der Waals surface area (Å²) < 4.78 is 13.2. The molecule has 144 valence electrons. The third kappa shape index (κ3) is 5.05. The van der Waals surface area contributed by atoms with Crippen LogP contribution in [0.3, 0.4) is 0 Å². The first-order valence-electron chi connectivity index (χ1n) is 9.63. The minimum atomic E-state index is -0.264. The van der Waals surface area contributed by atoms with Gasteiger partial charge in [-0.05, 0) is 42.9 Å². The van der Waals surface area contributed by atoms with Crippen LogP contribution in [0.5, 0.6) is 0 Å². The third-order valence-corrected chi connectivity index (χ3v) is 5.39. The molecule has 26 heavy (non-hydrogen) atoms. The van der Waals surface area contributed by atoms with Gasteiger partial charge in [-0.1, -0.05) is 32.9 Å². The van der Waals surface area contributed by atoms with Crippen LogP contribution >= 0.6 is 0 Å². The van der Waals surface area contributed by atoms with Crippen LogP contribution in [0.2, 0.25) is 0 Å². The largest absolute Gasteiger partial charge is 0.342 e. The summed E-state index contributed by atoms with van der Waals surface area (Å²) in [6, 6.07) is 6.35. The minimum absolute atomic E-state index is 0.0281. The van der Waals surface area contributed by atoms with Crippen molar-refractivity contribution in [1.29, 1.82) is 0 Å². The summed E-state index contributed by atoms with van der Waals surface area (Å²) in [6.45, 7) is 7.37. The SMILES string of the molecule is CC[C@@H](c1ccc(F)cc1)N(C)C(=O)CC1CCN(C(=O)C(C)C)CC1. The molecule has 0 bridgehead atoms. The zero-order chi connectivity index (χ0) is 19.3. The van der Waals surface area contributed by atoms with E-state index in [9.17, 15) is 14.0 Å². The van der Waals surface area contributed by atoms with Gasteiger partial charge in [-0.15, -0.1) is 0 Å². The molecule has 1 aliphatic heterocycles. The average molecular weight is 362 g/mol. The van der Waals surface area contributed by atoms with Crippen molar-refractivity contribution in [3.05, 3.63) is 35.6 Å². The van der Waals surface area contributed by atoms with Gasteiger partial charge in [-0.3, -0.25) is 9.59 Å². The van der Waals surface area contributed by atoms with Crippen molar-refractivity contribution < 1.29 is 14.0 Å². The fourth-order valence-corrected chi connectivity index (χ4v) is 3.71. The van der Waals surface area contributed by atoms with Gasteiger partial charge in [0.15, 0.2) is 0 Å². The Balaban J connectivity index is 1.90. The zero-order valence-corrected chi connectivity index (χ0v) is 16.4. The Hall–Kier alpha value is -1.91. The highest BCUT2D eigenvalue weighted by molar-refractivity contribution is 5.78. The number of rotatable bonds is 6. The van der Waals surface area contributed by atoms with E-state index in [-0.39, 0.29) is 29.6 Å². The van der Waals surface area contributed by atoms with E-state index in [1.54, 1.807) is 17.0 Å². The molecule has 1 fully saturated rings. The zero-order valence-electron chi connectivity index (χ0n) is 16.4. The van der Waals surface area contributed by atoms with E-state index >= 15 is 0 Å². The number of nitrogens with zero attached hydrogens (tertiary/aromatic N) is 2. The Bertz CT molecular complexity index is 607. The Morgan fingerprint density at radius 3 is 2.27 bits per heavy atom. The predicted molar refractivity (Wildman–Crippen MR) is 101 cm³/mol. The summed E-state index contributed by atoms with van der Waals surface area (Å²) >= 11 is 0. The van der Waals surface area contributed by atoms with E-state index in [2.05, 4.69) is 0 Å². The van der Waals surface area contributed by atoms with Gasteiger partial charge < -0.3 is 9.80 Å². The van der Waals surface area contributed by atoms with Crippen LogP contribution in [0, 0.1) is 17.7 Å². The lowest BCUT2D eigenvalue weighted by molar-refractivity contribution is -0.136. The van der Waals surface area contributed by atoms with Crippen LogP contribution in [0.15, 0.2) is 24.3 Å². The quantitative estimate of drug-likeness (QED) is 0.767. The number of likely N-dealkylation sites (tertiary alicyclic amines) is 1. The summed E-state index contributed by atoms with van der Waals surface area (Å²) in [5.74, 6) is 0.413. The lowest BCUT2D eigenvalue weighted by atomic mass is 9.92. The predicted octanol–water partition coefficient (Wildman–Crippen LogP) is 4.02. The van der Waals surface area contributed by atoms with Crippen molar-refractivity contribution in [2.24, 2.45) is 11.8 Å². The van der Waals surface area contributed by atoms with Gasteiger partial charge in [-0.25, -0.2) is 4.39 Å². The molecule has 0 N–H and O–H groups in total. The number of carbonyl (C=O) groups is 2. The summed E-state index contributed by atoms with van der Waals surface area (Å²) in [5.41, 5.74) is 0.960. The topological polar surface area (TPSA) is 40.6 Å². The van der Waals surface area contributed by atoms with Crippen molar-refractivity contribution in [3.63, 3.8) is 0 Å². The standard InChI is InChI=1S/C21H31FN2O2/c1-5-19(17-6-8-18(22)9-7-17)23(4)20(25)14-16-10-12-24(13-11-16)21(26)15(2)3/h6-9,15-16,19H,5,10-14H2,1-4H3/t19-/m0/s1. The van der Waals surface area contributed by atoms with E-state index in [1.807, 2.05) is 32.7 Å². The maximum absolute atomic E-state index is 13.2. The number of hydrogen-bond donors (Lipinski definition) is 0. The highest BCUT2D eigenvalue weighted by Gasteiger charge is 2.28. The Kier molecular flexibility index (Phi) is 7.18. The van der Waals surface area contributed by atoms with Crippen molar-refractivity contribution in [1.82, 2.24) is 9.80 Å². The van der Waals surface area contributed by atoms with E-state index in [0.717, 1.165) is 37.9 Å². The second kappa shape index (κ2) is 9.15. The lowest BCUT2D eigenvalue weighted by Gasteiger charge is -2.34. The molecule has 2 amide bonds. The maximum atomic E-state index is 13.2. The molecule has 1 heterocycles. The number of hydrogen-bond acceptors (Lipinski definition) is 2. The van der Waals surface area contributed by atoms with Gasteiger partial charge in [0, 0.05) is 32.5 Å². The van der Waals surface area contributed by atoms with E-state index in [1.165, 1.54) is 12.1 Å². The molecule has 4 nitrogen and oxygen atoms in total. The van der Waals surface area contributed by atoms with E-state index < -0.39 is 0 Å². The molecule has 1 atom stereocenters. The number of halogens is 1. The first-order chi connectivity index (χ1) is 12.3. The molecule has 1 aliphatic rings. The van der Waals surface area contributed by atoms with Crippen molar-refractivity contribution >= 4 is 11.8 Å². The van der Waals surface area contributed by atoms with Gasteiger partial charge in [0.05, 0.1) is 6.04 Å². The number of amides is 2. The molecular formula is C21H31FN2O2. The van der Waals surface area contributed by atoms with Crippen LogP contribution in [0.25, 0.3) is 0 Å². The van der Waals surface area contributed by atoms with Gasteiger partial charge >= 0.3 is 0 Å². The molecule has 0 aliphatic carbocycles. The molecule has 0 saturated carbocycles. The molecule has 1 saturated heterocycles. The highest BCUT2D eigenvalue weighted by atomic mass is 19.1. The normalized spacial score (nSPS) is 16.6. The Morgan fingerprint density at radius 2 is 1.77 bits per heavy atom. The highest BCUT2D eigenvalue weighted by Crippen LogP contribution is 2.27. The van der Waals surface area contributed by atoms with Crippen LogP contribution in [0.1, 0.15) is 58.1 Å². The Morgan fingerprint density at radius 1 is 1.19 bits per heavy atom. The van der Waals surface area contributed by atoms with E-state index in [0.29, 0.717) is 12.3 Å². The van der Waals surface area contributed by atoms with Crippen LogP contribution in [-0.4, -0.2) is 41.8 Å². The monoisotopic (exact) mass is 362 g/mol. The summed E-state index contributed by atoms with van der Waals surface area (Å²) in [5, 5.41) is 0. The summed E-state index contributed by atoms with van der Waals surface area (Å²) in [6.07, 6.45) is 3.06. The van der Waals surface area contributed by atoms with Gasteiger partial charge in [-0.2, -0.15) is 0 Å². The van der Waals surface area contributed by atoms with Crippen molar-refractivity contribution in [2.45, 2.75) is 52.5 Å². The molecule has 0 unspecified atom stereocenters. The van der Waals surface area contributed by atoms with E-state index in [4.69, 9.17) is 0 Å². The minimum Gasteiger partial charge on any atom is -0.342 e. The van der Waals surface area contributed by atoms with Crippen LogP contribution in [-0.2, 0) is 9.59 Å². The van der Waals surface area contributed by atoms with Crippen LogP contribution in [0.4, 0.5) is 4.39 Å². The maximum Gasteiger partial charge on any atom is 0.225 e. The number of piperidine rings is 1. The molecule has 0 spiro atoms. The van der Waals surface area contributed by atoms with Crippen molar-refractivity contribution in [3.8, 4) is 0 Å². The fourth-order valence-electron chi connectivity index (χ4n) is 3.71. The van der Waals surface area contributed by atoms with Gasteiger partial charge in [0.2, 0.25) is 11.8 Å². The molecule has 0 radical (unpaired) electrons. The Labute approximate surface area is 156 Å². The molecule has 1 aromatic carbocycles. The number of carbonyl (C=O) groups excluding carboxylic acids is 2. The summed E-state index contributed by atoms with van der Waals surface area (Å²) in [7, 11) is 1.83. The summed E-state index contributed by atoms with van der Waals surface area (Å²) in [4.78, 5) is 28.5. The molecular weight excluding hydrogens is 331 g/mol. The second-order valence-corrected chi connectivity index (χ2v) is 7.61. The fraction of sp³-hybridized carbons (Fsp3) is 0.619. The molecule has 2 rings (SSSR count). The lowest BCUT2D eigenvalue weighted by Crippen LogP contribution is -2.41. The average Bonchev–Trinajstić information content (AvgIpc) is 2.63.